The largest absolute Gasteiger partial charge is 0.481 e. The monoisotopic (exact) mass is 190 g/mol. The van der Waals surface area contributed by atoms with Gasteiger partial charge in [-0.15, -0.1) is 0 Å². The summed E-state index contributed by atoms with van der Waals surface area (Å²) in [5, 5.41) is 17.0. The normalized spacial score (nSPS) is 12.7. The maximum atomic E-state index is 10.5. The van der Waals surface area contributed by atoms with Crippen LogP contribution in [0, 0.1) is 5.92 Å². The minimum atomic E-state index is -1.03. The molecule has 2 N–H and O–H groups in total. The Hall–Kier alpha value is -0.843. The Morgan fingerprint density at radius 2 is 1.92 bits per heavy atom. The summed E-state index contributed by atoms with van der Waals surface area (Å²) in [4.78, 5) is 20.7. The molecule has 0 rings (SSSR count). The minimum Gasteiger partial charge on any atom is -0.481 e. The Morgan fingerprint density at radius 3 is 2.25 bits per heavy atom. The van der Waals surface area contributed by atoms with Crippen molar-refractivity contribution in [3.63, 3.8) is 0 Å². The van der Waals surface area contributed by atoms with Crippen LogP contribution in [0.4, 0.5) is 0 Å². The second-order valence-corrected chi connectivity index (χ2v) is 3.78. The lowest BCUT2D eigenvalue weighted by atomic mass is 10.0. The molecule has 0 saturated heterocycles. The molecule has 12 heavy (non-hydrogen) atoms. The third-order valence-electron chi connectivity index (χ3n) is 1.68. The van der Waals surface area contributed by atoms with Crippen molar-refractivity contribution in [3.05, 3.63) is 0 Å². The zero-order chi connectivity index (χ0) is 9.56. The molecule has 70 valence electrons. The third-order valence-corrected chi connectivity index (χ3v) is 2.38. The van der Waals surface area contributed by atoms with Crippen LogP contribution >= 0.6 is 0 Å². The molecule has 0 spiro atoms. The van der Waals surface area contributed by atoms with Crippen LogP contribution in [0.3, 0.4) is 0 Å². The molecule has 5 heteroatoms. The fraction of sp³-hybridized carbons (Fsp3) is 0.714. The Bertz CT molecular complexity index is 169. The van der Waals surface area contributed by atoms with Gasteiger partial charge in [0.25, 0.3) is 0 Å². The molecule has 1 unspecified atom stereocenters. The first-order valence-electron chi connectivity index (χ1n) is 4.02. The van der Waals surface area contributed by atoms with E-state index in [2.05, 4.69) is 0 Å². The second kappa shape index (κ2) is 5.76. The predicted octanol–water partition coefficient (Wildman–Crippen LogP) is -0.274. The molecule has 0 aliphatic carbocycles. The summed E-state index contributed by atoms with van der Waals surface area (Å²) in [5.41, 5.74) is 0. The standard InChI is InChI=1S/C7H14O4Si/c8-6(9)4-5(7(10)11)2-1-3-12/h5H,1-4H2,12H3,(H,8,9)(H,10,11). The van der Waals surface area contributed by atoms with E-state index in [9.17, 15) is 9.59 Å². The summed E-state index contributed by atoms with van der Waals surface area (Å²) >= 11 is 0. The maximum absolute atomic E-state index is 10.5. The van der Waals surface area contributed by atoms with Gasteiger partial charge in [-0.05, 0) is 6.42 Å². The summed E-state index contributed by atoms with van der Waals surface area (Å²) in [6, 6.07) is 1.03. The molecule has 0 aromatic rings. The van der Waals surface area contributed by atoms with Crippen LogP contribution in [0.5, 0.6) is 0 Å². The molecule has 0 aliphatic rings. The zero-order valence-corrected chi connectivity index (χ0v) is 9.12. The van der Waals surface area contributed by atoms with E-state index in [0.717, 1.165) is 22.7 Å². The first kappa shape index (κ1) is 11.2. The smallest absolute Gasteiger partial charge is 0.307 e. The fourth-order valence-corrected chi connectivity index (χ4v) is 1.38. The van der Waals surface area contributed by atoms with E-state index in [4.69, 9.17) is 10.2 Å². The molecule has 0 aromatic carbocycles. The van der Waals surface area contributed by atoms with Crippen molar-refractivity contribution >= 4 is 22.2 Å². The van der Waals surface area contributed by atoms with Crippen molar-refractivity contribution in [2.45, 2.75) is 25.3 Å². The van der Waals surface area contributed by atoms with Gasteiger partial charge in [-0.3, -0.25) is 9.59 Å². The number of aliphatic carboxylic acids is 2. The molecular formula is C7H14O4Si. The van der Waals surface area contributed by atoms with Crippen LogP contribution < -0.4 is 0 Å². The first-order chi connectivity index (χ1) is 5.57. The number of carbonyl (C=O) groups is 2. The highest BCUT2D eigenvalue weighted by Crippen LogP contribution is 2.12. The van der Waals surface area contributed by atoms with Crippen molar-refractivity contribution in [1.29, 1.82) is 0 Å². The Morgan fingerprint density at radius 1 is 1.33 bits per heavy atom. The van der Waals surface area contributed by atoms with Crippen LogP contribution in [0.2, 0.25) is 6.04 Å². The fourth-order valence-electron chi connectivity index (χ4n) is 0.974. The van der Waals surface area contributed by atoms with Crippen LogP contribution in [-0.4, -0.2) is 32.4 Å². The van der Waals surface area contributed by atoms with Crippen LogP contribution in [0.15, 0.2) is 0 Å². The number of rotatable bonds is 6. The van der Waals surface area contributed by atoms with Crippen molar-refractivity contribution in [3.8, 4) is 0 Å². The lowest BCUT2D eigenvalue weighted by Crippen LogP contribution is -2.17. The topological polar surface area (TPSA) is 74.6 Å². The van der Waals surface area contributed by atoms with Crippen molar-refractivity contribution < 1.29 is 19.8 Å². The quantitative estimate of drug-likeness (QED) is 0.565. The van der Waals surface area contributed by atoms with Gasteiger partial charge in [0.1, 0.15) is 0 Å². The predicted molar refractivity (Wildman–Crippen MR) is 47.4 cm³/mol. The van der Waals surface area contributed by atoms with E-state index in [1.54, 1.807) is 0 Å². The Balaban J connectivity index is 3.87. The van der Waals surface area contributed by atoms with Crippen LogP contribution in [-0.2, 0) is 9.59 Å². The van der Waals surface area contributed by atoms with E-state index >= 15 is 0 Å². The molecule has 0 aromatic heterocycles. The Labute approximate surface area is 74.0 Å². The molecule has 0 bridgehead atoms. The van der Waals surface area contributed by atoms with Crippen LogP contribution in [0.1, 0.15) is 19.3 Å². The molecule has 0 aliphatic heterocycles. The lowest BCUT2D eigenvalue weighted by molar-refractivity contribution is -0.148. The van der Waals surface area contributed by atoms with E-state index in [1.165, 1.54) is 0 Å². The molecule has 0 heterocycles. The Kier molecular flexibility index (Phi) is 5.36. The number of hydrogen-bond acceptors (Lipinski definition) is 2. The van der Waals surface area contributed by atoms with E-state index in [0.29, 0.717) is 6.42 Å². The first-order valence-corrected chi connectivity index (χ1v) is 5.44. The van der Waals surface area contributed by atoms with Crippen LogP contribution in [0.25, 0.3) is 0 Å². The molecule has 1 atom stereocenters. The van der Waals surface area contributed by atoms with E-state index in [-0.39, 0.29) is 6.42 Å². The van der Waals surface area contributed by atoms with Gasteiger partial charge in [-0.25, -0.2) is 0 Å². The van der Waals surface area contributed by atoms with Crippen molar-refractivity contribution in [1.82, 2.24) is 0 Å². The molecule has 4 nitrogen and oxygen atoms in total. The van der Waals surface area contributed by atoms with Gasteiger partial charge >= 0.3 is 11.9 Å². The highest BCUT2D eigenvalue weighted by molar-refractivity contribution is 6.08. The highest BCUT2D eigenvalue weighted by atomic mass is 28.1. The van der Waals surface area contributed by atoms with E-state index in [1.807, 2.05) is 0 Å². The minimum absolute atomic E-state index is 0.253. The third kappa shape index (κ3) is 4.89. The zero-order valence-electron chi connectivity index (χ0n) is 7.12. The molecule has 0 amide bonds. The maximum Gasteiger partial charge on any atom is 0.307 e. The van der Waals surface area contributed by atoms with Gasteiger partial charge in [-0.1, -0.05) is 12.5 Å². The molecule has 0 saturated carbocycles. The van der Waals surface area contributed by atoms with Gasteiger partial charge in [-0.2, -0.15) is 0 Å². The molecule has 0 fully saturated rings. The number of carboxylic acid groups (broad SMARTS) is 2. The molecule has 0 radical (unpaired) electrons. The van der Waals surface area contributed by atoms with Gasteiger partial charge in [0.2, 0.25) is 0 Å². The van der Waals surface area contributed by atoms with Gasteiger partial charge in [0.15, 0.2) is 0 Å². The summed E-state index contributed by atoms with van der Waals surface area (Å²) < 4.78 is 0. The van der Waals surface area contributed by atoms with E-state index < -0.39 is 17.9 Å². The second-order valence-electron chi connectivity index (χ2n) is 2.78. The van der Waals surface area contributed by atoms with Gasteiger partial charge in [0, 0.05) is 10.2 Å². The summed E-state index contributed by atoms with van der Waals surface area (Å²) in [6.45, 7) is 0. The summed E-state index contributed by atoms with van der Waals surface area (Å²) in [6.07, 6.45) is 1.07. The highest BCUT2D eigenvalue weighted by Gasteiger charge is 2.19. The van der Waals surface area contributed by atoms with Gasteiger partial charge in [0.05, 0.1) is 12.3 Å². The summed E-state index contributed by atoms with van der Waals surface area (Å²) in [7, 11) is 1.05. The number of hydrogen-bond donors (Lipinski definition) is 2. The molecular weight excluding hydrogens is 176 g/mol. The average Bonchev–Trinajstić information content (AvgIpc) is 1.96. The van der Waals surface area contributed by atoms with Gasteiger partial charge < -0.3 is 10.2 Å². The SMILES string of the molecule is O=C(O)CC(CCC[SiH3])C(=O)O. The number of carboxylic acids is 2. The average molecular weight is 190 g/mol. The summed E-state index contributed by atoms with van der Waals surface area (Å²) in [5.74, 6) is -2.72. The van der Waals surface area contributed by atoms with Crippen molar-refractivity contribution in [2.24, 2.45) is 5.92 Å². The lowest BCUT2D eigenvalue weighted by Gasteiger charge is -2.07. The van der Waals surface area contributed by atoms with Crippen molar-refractivity contribution in [2.75, 3.05) is 0 Å².